The molecule has 0 saturated heterocycles. The molecule has 0 aliphatic heterocycles. The van der Waals surface area contributed by atoms with Gasteiger partial charge in [-0.15, -0.1) is 5.92 Å². The molecular weight excluding hydrogens is 1870 g/mol. The van der Waals surface area contributed by atoms with Crippen LogP contribution in [0.2, 0.25) is 0 Å². The Morgan fingerprint density at radius 2 is 0.785 bits per heavy atom. The van der Waals surface area contributed by atoms with Crippen LogP contribution in [-0.4, -0.2) is 106 Å². The molecule has 0 aromatic heterocycles. The van der Waals surface area contributed by atoms with Gasteiger partial charge in [-0.1, -0.05) is 291 Å². The van der Waals surface area contributed by atoms with Gasteiger partial charge in [-0.25, -0.2) is 4.79 Å². The highest BCUT2D eigenvalue weighted by Crippen LogP contribution is 2.57. The average molecular weight is 2040 g/mol. The van der Waals surface area contributed by atoms with Gasteiger partial charge in [-0.2, -0.15) is 0 Å². The summed E-state index contributed by atoms with van der Waals surface area (Å²) in [6, 6.07) is 56.4. The van der Waals surface area contributed by atoms with Crippen LogP contribution in [-0.2, 0) is 109 Å². The lowest BCUT2D eigenvalue weighted by Crippen LogP contribution is -2.24. The van der Waals surface area contributed by atoms with E-state index in [1.54, 1.807) is 6.92 Å². The first kappa shape index (κ1) is 115. The summed E-state index contributed by atoms with van der Waals surface area (Å²) in [6.07, 6.45) is 61.8. The Kier molecular flexibility index (Phi) is 44.3. The lowest BCUT2D eigenvalue weighted by Gasteiger charge is -2.32. The number of rotatable bonds is 30. The van der Waals surface area contributed by atoms with Crippen LogP contribution >= 0.6 is 0 Å². The predicted molar refractivity (Wildman–Crippen MR) is 575 cm³/mol. The minimum atomic E-state index is -0.832. The molecule has 4 N–H and O–H groups in total. The maximum atomic E-state index is 12.4. The largest absolute Gasteiger partial charge is 0.489 e. The number of ether oxygens (including phenoxy) is 7. The second kappa shape index (κ2) is 57.4. The summed E-state index contributed by atoms with van der Waals surface area (Å²) >= 11 is 0. The highest BCUT2D eigenvalue weighted by Gasteiger charge is 2.52. The van der Waals surface area contributed by atoms with Crippen molar-refractivity contribution in [3.63, 3.8) is 0 Å². The molecule has 4 atom stereocenters. The van der Waals surface area contributed by atoms with Gasteiger partial charge < -0.3 is 53.6 Å². The van der Waals surface area contributed by atoms with Crippen molar-refractivity contribution >= 4 is 59.3 Å². The monoisotopic (exact) mass is 2040 g/mol. The van der Waals surface area contributed by atoms with E-state index in [4.69, 9.17) is 48.5 Å². The smallest absolute Gasteiger partial charge is 0.334 e. The maximum absolute atomic E-state index is 12.4. The van der Waals surface area contributed by atoms with Crippen LogP contribution in [0.5, 0.6) is 5.75 Å². The van der Waals surface area contributed by atoms with Crippen molar-refractivity contribution in [3.8, 4) is 17.6 Å². The topological polar surface area (TPSA) is 316 Å². The van der Waals surface area contributed by atoms with E-state index in [1.165, 1.54) is 185 Å². The molecule has 21 heteroatoms. The number of carboxylic acids is 2. The number of carbonyl (C=O) groups is 10. The molecule has 149 heavy (non-hydrogen) atoms. The zero-order valence-electron chi connectivity index (χ0n) is 88.9. The molecule has 0 heterocycles. The number of aliphatic carboxylic acids is 2. The molecule has 11 saturated carbocycles. The number of ketones is 2. The van der Waals surface area contributed by atoms with Gasteiger partial charge in [-0.3, -0.25) is 43.2 Å². The fourth-order valence-corrected chi connectivity index (χ4v) is 26.7. The Balaban J connectivity index is 0.000000144. The molecule has 14 aliphatic rings. The molecule has 3 unspecified atom stereocenters. The number of Topliss-reactive ketones (excluding diaryl/α,β-unsaturated/α-hetero) is 2. The van der Waals surface area contributed by atoms with Crippen LogP contribution < -0.4 is 4.74 Å². The van der Waals surface area contributed by atoms with Crippen molar-refractivity contribution in [1.29, 1.82) is 0 Å². The van der Waals surface area contributed by atoms with Crippen LogP contribution in [0, 0.1) is 67.0 Å². The normalized spacial score (nSPS) is 21.8. The number of methoxy groups -OCH3 is 1. The van der Waals surface area contributed by atoms with Crippen LogP contribution in [0.4, 0.5) is 0 Å². The molecule has 6 spiro atoms. The summed E-state index contributed by atoms with van der Waals surface area (Å²) < 4.78 is 37.7. The SMILES string of the molecule is CC#C[C@@H](CC(=O)OC)c1ccc(OCC2=CCC3(CCCC3)C2)cc1.O=C(CCC1(CC(=O)OCc2ccccc2)CCCC1)OCc1ccccc1.O=C(O)CCC1(CC(=O)O)CCCC1.O=C(OCc1ccccc1)C1=CCC2(CCCC2)C1.O=C(OCc1ccccc1)C1CC2(CCCC2)CC1O.O=C1CC2(CCCC2)CC1C(=O)OCc1ccccc1.O=C1CCC2(CCCC2)CC1.OCC1=CCC2(CCCC2)C1. The Morgan fingerprint density at radius 3 is 1.24 bits per heavy atom. The van der Waals surface area contributed by atoms with Gasteiger partial charge in [0.05, 0.1) is 50.9 Å². The molecule has 6 aromatic rings. The molecule has 6 aromatic carbocycles. The van der Waals surface area contributed by atoms with Crippen molar-refractivity contribution in [1.82, 2.24) is 0 Å². The number of aliphatic hydroxyl groups excluding tert-OH is 2. The van der Waals surface area contributed by atoms with Gasteiger partial charge in [0.1, 0.15) is 62.9 Å². The number of carboxylic acid groups (broad SMARTS) is 2. The fraction of sp³-hybridized carbons (Fsp3) is 0.578. The van der Waals surface area contributed by atoms with Gasteiger partial charge in [0.15, 0.2) is 0 Å². The molecule has 0 radical (unpaired) electrons. The van der Waals surface area contributed by atoms with E-state index < -0.39 is 24.0 Å². The Hall–Kier alpha value is -11.1. The maximum Gasteiger partial charge on any atom is 0.334 e. The van der Waals surface area contributed by atoms with Gasteiger partial charge in [0.2, 0.25) is 0 Å². The van der Waals surface area contributed by atoms with Crippen LogP contribution in [0.1, 0.15) is 387 Å². The van der Waals surface area contributed by atoms with Gasteiger partial charge in [0, 0.05) is 37.7 Å². The van der Waals surface area contributed by atoms with Crippen molar-refractivity contribution in [2.75, 3.05) is 20.3 Å². The Labute approximate surface area is 885 Å². The molecular formula is C128H166O21. The quantitative estimate of drug-likeness (QED) is 0.0107. The zero-order valence-corrected chi connectivity index (χ0v) is 88.9. The molecule has 14 aliphatic carbocycles. The minimum absolute atomic E-state index is 0.0879. The second-order valence-electron chi connectivity index (χ2n) is 46.2. The highest BCUT2D eigenvalue weighted by molar-refractivity contribution is 6.01. The summed E-state index contributed by atoms with van der Waals surface area (Å²) in [7, 11) is 1.41. The second-order valence-corrected chi connectivity index (χ2v) is 46.2. The molecule has 0 bridgehead atoms. The standard InChI is InChI=1S/C24H28O4.C23H28O3.C17H22O3.C17H20O3.C17H20O2.C10H16O4.2C10H16O/c25-22(27-18-20-9-3-1-4-10-20)13-16-24(14-7-8-15-24)17-23(26)28-19-21-11-5-2-6-12-21;1-3-6-20(15-22(24)25-2)19-7-9-21(10-8-19)26-17-18-11-14-23(16-18)12-4-5-13-23;2*18-15-11-17(8-4-5-9-17)10-14(15)16(19)20-12-13-6-2-1-3-7-13;18-16(19-13-14-6-2-1-3-7-14)15-8-11-17(12-15)9-4-5-10-17;11-8(12)3-6-10(7-9(13)14)4-1-2-5-10;11-9-3-7-10(8-4-9)5-1-2-6-10;11-8-9-3-6-10(7-9)4-1-2-5-10/h1-6,9-12H,7-8,13-19H2;7-11,20H,4-5,12-17H2,1-2H3;1-3,6-7,14-15,18H,4-5,8-12H2;1-3,6-7,14H,4-5,8-12H2;1-3,6-8H,4-5,9-13H2;1-7H2,(H,11,12)(H,13,14);1-8H2;3,11H,1-2,4-8H2/t;20-;;;;;;/m.0....../s1. The highest BCUT2D eigenvalue weighted by atomic mass is 16.6. The summed E-state index contributed by atoms with van der Waals surface area (Å²) in [5, 5.41) is 36.5. The van der Waals surface area contributed by atoms with E-state index in [0.29, 0.717) is 106 Å². The predicted octanol–water partition coefficient (Wildman–Crippen LogP) is 27.4. The lowest BCUT2D eigenvalue weighted by molar-refractivity contribution is -0.153. The third-order valence-corrected chi connectivity index (χ3v) is 35.3. The first-order valence-corrected chi connectivity index (χ1v) is 56.2. The van der Waals surface area contributed by atoms with E-state index >= 15 is 0 Å². The van der Waals surface area contributed by atoms with Gasteiger partial charge in [-0.05, 0) is 293 Å². The summed E-state index contributed by atoms with van der Waals surface area (Å²) in [6.45, 7) is 4.30. The first-order valence-electron chi connectivity index (χ1n) is 56.2. The minimum Gasteiger partial charge on any atom is -0.489 e. The molecule has 21 nitrogen and oxygen atoms in total. The van der Waals surface area contributed by atoms with Crippen LogP contribution in [0.3, 0.4) is 0 Å². The molecule has 0 amide bonds. The van der Waals surface area contributed by atoms with Crippen molar-refractivity contribution in [2.45, 2.75) is 392 Å². The van der Waals surface area contributed by atoms with Crippen molar-refractivity contribution < 1.29 is 102 Å². The number of hydrogen-bond donors (Lipinski definition) is 4. The summed E-state index contributed by atoms with van der Waals surface area (Å²) in [5.74, 6) is 3.52. The number of aliphatic hydroxyl groups is 2. The van der Waals surface area contributed by atoms with Gasteiger partial charge in [0.25, 0.3) is 0 Å². The molecule has 11 fully saturated rings. The van der Waals surface area contributed by atoms with E-state index in [-0.39, 0.29) is 101 Å². The lowest BCUT2D eigenvalue weighted by atomic mass is 9.72. The van der Waals surface area contributed by atoms with E-state index in [9.17, 15) is 53.1 Å². The number of allylic oxidation sites excluding steroid dienone is 3. The van der Waals surface area contributed by atoms with E-state index in [0.717, 1.165) is 160 Å². The molecule has 804 valence electrons. The number of benzene rings is 6. The third-order valence-electron chi connectivity index (χ3n) is 35.3. The van der Waals surface area contributed by atoms with Crippen LogP contribution in [0.25, 0.3) is 0 Å². The van der Waals surface area contributed by atoms with Crippen molar-refractivity contribution in [3.05, 3.63) is 244 Å². The summed E-state index contributed by atoms with van der Waals surface area (Å²) in [5.41, 5.74) is 11.8. The van der Waals surface area contributed by atoms with Gasteiger partial charge >= 0.3 is 47.8 Å². The van der Waals surface area contributed by atoms with E-state index in [2.05, 4.69) is 30.1 Å². The van der Waals surface area contributed by atoms with Crippen LogP contribution in [0.15, 0.2) is 211 Å². The average Bonchev–Trinajstić information content (AvgIpc) is 1.64. The molecule has 20 rings (SSSR count). The zero-order chi connectivity index (χ0) is 105. The third kappa shape index (κ3) is 36.1. The Bertz CT molecular complexity index is 5390. The number of hydrogen-bond acceptors (Lipinski definition) is 19. The Morgan fingerprint density at radius 1 is 0.383 bits per heavy atom. The summed E-state index contributed by atoms with van der Waals surface area (Å²) in [4.78, 5) is 117. The first-order chi connectivity index (χ1) is 72.1. The number of esters is 6. The van der Waals surface area contributed by atoms with Crippen molar-refractivity contribution in [2.24, 2.45) is 55.2 Å². The number of carbonyl (C=O) groups excluding carboxylic acids is 8. The van der Waals surface area contributed by atoms with E-state index in [1.807, 2.05) is 176 Å². The fourth-order valence-electron chi connectivity index (χ4n) is 26.7.